The third-order valence-corrected chi connectivity index (χ3v) is 5.52. The van der Waals surface area contributed by atoms with Crippen molar-refractivity contribution in [2.45, 2.75) is 32.5 Å². The number of anilines is 3. The van der Waals surface area contributed by atoms with Gasteiger partial charge in [0.1, 0.15) is 5.82 Å². The molecule has 4 rings (SSSR count). The summed E-state index contributed by atoms with van der Waals surface area (Å²) >= 11 is 0. The first-order valence-corrected chi connectivity index (χ1v) is 10.3. The van der Waals surface area contributed by atoms with E-state index in [2.05, 4.69) is 68.4 Å². The van der Waals surface area contributed by atoms with E-state index in [0.29, 0.717) is 24.4 Å². The monoisotopic (exact) mass is 403 g/mol. The highest BCUT2D eigenvalue weighted by atomic mass is 15.2. The number of nitrogens with one attached hydrogen (secondary N) is 1. The molecule has 1 aliphatic rings. The van der Waals surface area contributed by atoms with Crippen LogP contribution in [0.25, 0.3) is 0 Å². The number of aromatic nitrogens is 3. The smallest absolute Gasteiger partial charge is 0.232 e. The number of hydrogen-bond donors (Lipinski definition) is 2. The van der Waals surface area contributed by atoms with Gasteiger partial charge in [-0.1, -0.05) is 36.4 Å². The van der Waals surface area contributed by atoms with Gasteiger partial charge >= 0.3 is 0 Å². The van der Waals surface area contributed by atoms with Crippen molar-refractivity contribution in [1.82, 2.24) is 24.8 Å². The average molecular weight is 404 g/mol. The van der Waals surface area contributed by atoms with Gasteiger partial charge in [0.05, 0.1) is 6.54 Å². The molecule has 0 spiro atoms. The summed E-state index contributed by atoms with van der Waals surface area (Å²) in [4.78, 5) is 17.8. The Hall–Kier alpha value is -3.03. The molecular formula is C23H29N7. The van der Waals surface area contributed by atoms with Crippen molar-refractivity contribution >= 4 is 17.6 Å². The van der Waals surface area contributed by atoms with Crippen molar-refractivity contribution in [2.24, 2.45) is 0 Å². The average Bonchev–Trinajstić information content (AvgIpc) is 2.68. The minimum atomic E-state index is 0.229. The number of fused-ring (bicyclic) bond motifs is 1. The first-order valence-electron chi connectivity index (χ1n) is 10.3. The maximum Gasteiger partial charge on any atom is 0.232 e. The van der Waals surface area contributed by atoms with Crippen LogP contribution in [0.4, 0.5) is 17.6 Å². The van der Waals surface area contributed by atoms with Crippen molar-refractivity contribution in [1.29, 1.82) is 0 Å². The van der Waals surface area contributed by atoms with E-state index in [1.165, 1.54) is 16.7 Å². The van der Waals surface area contributed by atoms with Crippen molar-refractivity contribution < 1.29 is 0 Å². The molecule has 1 aliphatic heterocycles. The van der Waals surface area contributed by atoms with Gasteiger partial charge in [-0.3, -0.25) is 9.80 Å². The van der Waals surface area contributed by atoms with E-state index in [9.17, 15) is 0 Å². The van der Waals surface area contributed by atoms with Gasteiger partial charge in [0.2, 0.25) is 11.9 Å². The molecule has 0 saturated heterocycles. The summed E-state index contributed by atoms with van der Waals surface area (Å²) in [5, 5.41) is 3.23. The van der Waals surface area contributed by atoms with E-state index in [0.717, 1.165) is 25.2 Å². The molecule has 0 saturated carbocycles. The fraction of sp³-hybridized carbons (Fsp3) is 0.348. The molecule has 2 heterocycles. The van der Waals surface area contributed by atoms with E-state index in [1.54, 1.807) is 0 Å². The summed E-state index contributed by atoms with van der Waals surface area (Å²) in [5.74, 6) is 1.37. The number of nitrogens with two attached hydrogens (primary N) is 1. The number of aryl methyl sites for hydroxylation is 1. The minimum Gasteiger partial charge on any atom is -0.368 e. The standard InChI is InChI=1S/C23H29N7/c1-16-7-6-10-19(11-16)25-23-27-21(26-22(24)28-23)15-29(2)14-20-12-17-8-4-5-9-18(17)13-30(20)3/h4-11,20H,12-15H2,1-3H3,(H3,24,25,26,27,28). The molecular weight excluding hydrogens is 374 g/mol. The molecule has 2 aromatic carbocycles. The van der Waals surface area contributed by atoms with Gasteiger partial charge in [0.25, 0.3) is 0 Å². The molecule has 156 valence electrons. The maximum absolute atomic E-state index is 5.95. The Bertz CT molecular complexity index is 1020. The van der Waals surface area contributed by atoms with Crippen LogP contribution in [0.5, 0.6) is 0 Å². The molecule has 3 aromatic rings. The van der Waals surface area contributed by atoms with Gasteiger partial charge in [0.15, 0.2) is 0 Å². The number of nitrogens with zero attached hydrogens (tertiary/aromatic N) is 5. The second-order valence-electron chi connectivity index (χ2n) is 8.17. The Balaban J connectivity index is 1.42. The van der Waals surface area contributed by atoms with Gasteiger partial charge in [-0.15, -0.1) is 0 Å². The van der Waals surface area contributed by atoms with Crippen LogP contribution in [0.15, 0.2) is 48.5 Å². The summed E-state index contributed by atoms with van der Waals surface area (Å²) in [6, 6.07) is 17.2. The summed E-state index contributed by atoms with van der Waals surface area (Å²) in [5.41, 5.74) is 10.9. The maximum atomic E-state index is 5.95. The van der Waals surface area contributed by atoms with Gasteiger partial charge < -0.3 is 11.1 Å². The molecule has 7 heteroatoms. The highest BCUT2D eigenvalue weighted by molar-refractivity contribution is 5.54. The van der Waals surface area contributed by atoms with Crippen LogP contribution >= 0.6 is 0 Å². The molecule has 1 aromatic heterocycles. The van der Waals surface area contributed by atoms with Gasteiger partial charge in [0, 0.05) is 24.8 Å². The van der Waals surface area contributed by atoms with Gasteiger partial charge in [-0.05, 0) is 56.3 Å². The Kier molecular flexibility index (Phi) is 5.92. The van der Waals surface area contributed by atoms with Crippen LogP contribution in [0.3, 0.4) is 0 Å². The third kappa shape index (κ3) is 4.93. The predicted octanol–water partition coefficient (Wildman–Crippen LogP) is 2.99. The lowest BCUT2D eigenvalue weighted by Gasteiger charge is -2.36. The summed E-state index contributed by atoms with van der Waals surface area (Å²) < 4.78 is 0. The van der Waals surface area contributed by atoms with Crippen LogP contribution < -0.4 is 11.1 Å². The Labute approximate surface area is 178 Å². The van der Waals surface area contributed by atoms with E-state index >= 15 is 0 Å². The molecule has 30 heavy (non-hydrogen) atoms. The molecule has 0 bridgehead atoms. The Morgan fingerprint density at radius 1 is 1.10 bits per heavy atom. The van der Waals surface area contributed by atoms with Crippen molar-refractivity contribution in [3.63, 3.8) is 0 Å². The Morgan fingerprint density at radius 3 is 2.70 bits per heavy atom. The van der Waals surface area contributed by atoms with Crippen LogP contribution in [-0.2, 0) is 19.5 Å². The quantitative estimate of drug-likeness (QED) is 0.655. The number of hydrogen-bond acceptors (Lipinski definition) is 7. The van der Waals surface area contributed by atoms with E-state index in [-0.39, 0.29) is 5.95 Å². The van der Waals surface area contributed by atoms with Crippen molar-refractivity contribution in [3.05, 3.63) is 71.0 Å². The Morgan fingerprint density at radius 2 is 1.90 bits per heavy atom. The summed E-state index contributed by atoms with van der Waals surface area (Å²) in [6.07, 6.45) is 1.05. The molecule has 0 amide bonds. The largest absolute Gasteiger partial charge is 0.368 e. The lowest BCUT2D eigenvalue weighted by molar-refractivity contribution is 0.157. The zero-order valence-electron chi connectivity index (χ0n) is 17.8. The van der Waals surface area contributed by atoms with Crippen molar-refractivity contribution in [2.75, 3.05) is 31.7 Å². The molecule has 0 radical (unpaired) electrons. The zero-order chi connectivity index (χ0) is 21.1. The number of benzene rings is 2. The van der Waals surface area contributed by atoms with Gasteiger partial charge in [-0.25, -0.2) is 0 Å². The molecule has 3 N–H and O–H groups in total. The van der Waals surface area contributed by atoms with E-state index in [1.807, 2.05) is 31.2 Å². The molecule has 1 atom stereocenters. The highest BCUT2D eigenvalue weighted by Gasteiger charge is 2.24. The summed E-state index contributed by atoms with van der Waals surface area (Å²) in [6.45, 7) is 4.57. The lowest BCUT2D eigenvalue weighted by Crippen LogP contribution is -2.44. The number of rotatable bonds is 6. The number of nitrogen functional groups attached to an aromatic ring is 1. The van der Waals surface area contributed by atoms with E-state index in [4.69, 9.17) is 5.73 Å². The topological polar surface area (TPSA) is 83.2 Å². The highest BCUT2D eigenvalue weighted by Crippen LogP contribution is 2.22. The first-order chi connectivity index (χ1) is 14.5. The fourth-order valence-corrected chi connectivity index (χ4v) is 4.00. The lowest BCUT2D eigenvalue weighted by atomic mass is 9.94. The molecule has 0 aliphatic carbocycles. The summed E-state index contributed by atoms with van der Waals surface area (Å²) in [7, 11) is 4.29. The SMILES string of the molecule is Cc1cccc(Nc2nc(N)nc(CN(C)CC3Cc4ccccc4CN3C)n2)c1. The third-order valence-electron chi connectivity index (χ3n) is 5.52. The van der Waals surface area contributed by atoms with Crippen LogP contribution in [0.2, 0.25) is 0 Å². The molecule has 1 unspecified atom stereocenters. The number of likely N-dealkylation sites (N-methyl/N-ethyl adjacent to an activating group) is 2. The minimum absolute atomic E-state index is 0.229. The van der Waals surface area contributed by atoms with Crippen LogP contribution in [0, 0.1) is 6.92 Å². The molecule has 7 nitrogen and oxygen atoms in total. The van der Waals surface area contributed by atoms with E-state index < -0.39 is 0 Å². The predicted molar refractivity (Wildman–Crippen MR) is 120 cm³/mol. The second-order valence-corrected chi connectivity index (χ2v) is 8.17. The normalized spacial score (nSPS) is 16.5. The van der Waals surface area contributed by atoms with Gasteiger partial charge in [-0.2, -0.15) is 15.0 Å². The molecule has 0 fully saturated rings. The fourth-order valence-electron chi connectivity index (χ4n) is 4.00. The zero-order valence-corrected chi connectivity index (χ0v) is 17.8. The second kappa shape index (κ2) is 8.77. The van der Waals surface area contributed by atoms with Crippen LogP contribution in [0.1, 0.15) is 22.5 Å². The first kappa shape index (κ1) is 20.3. The van der Waals surface area contributed by atoms with Crippen LogP contribution in [-0.4, -0.2) is 51.4 Å². The van der Waals surface area contributed by atoms with Crippen molar-refractivity contribution in [3.8, 4) is 0 Å².